The van der Waals surface area contributed by atoms with Gasteiger partial charge in [0.25, 0.3) is 0 Å². The highest BCUT2D eigenvalue weighted by Crippen LogP contribution is 2.53. The summed E-state index contributed by atoms with van der Waals surface area (Å²) < 4.78 is 1.98. The number of rotatable bonds is 4. The minimum absolute atomic E-state index is 0.214. The Bertz CT molecular complexity index is 628. The second-order valence-corrected chi connectivity index (χ2v) is 8.95. The summed E-state index contributed by atoms with van der Waals surface area (Å²) in [7, 11) is 1.99. The second kappa shape index (κ2) is 6.08. The molecule has 1 aromatic rings. The van der Waals surface area contributed by atoms with E-state index in [1.165, 1.54) is 32.1 Å². The summed E-state index contributed by atoms with van der Waals surface area (Å²) in [6.45, 7) is 1.48. The Morgan fingerprint density at radius 1 is 1.20 bits per heavy atom. The first-order valence-corrected chi connectivity index (χ1v) is 10.0. The van der Waals surface area contributed by atoms with Crippen LogP contribution in [0.5, 0.6) is 0 Å². The van der Waals surface area contributed by atoms with Gasteiger partial charge in [0.2, 0.25) is 5.91 Å². The molecule has 25 heavy (non-hydrogen) atoms. The van der Waals surface area contributed by atoms with Gasteiger partial charge in [0.05, 0.1) is 12.6 Å². The van der Waals surface area contributed by atoms with Crippen molar-refractivity contribution in [3.63, 3.8) is 0 Å². The molecule has 4 aliphatic carbocycles. The molecule has 1 amide bonds. The predicted octanol–water partition coefficient (Wildman–Crippen LogP) is 1.89. The topological polar surface area (TPSA) is 63.1 Å². The monoisotopic (exact) mass is 343 g/mol. The first-order chi connectivity index (χ1) is 12.2. The first-order valence-electron chi connectivity index (χ1n) is 10.0. The summed E-state index contributed by atoms with van der Waals surface area (Å²) in [6.07, 6.45) is 10.8. The molecule has 136 valence electrons. The number of amides is 1. The third kappa shape index (κ3) is 2.78. The van der Waals surface area contributed by atoms with Gasteiger partial charge in [-0.15, -0.1) is 10.2 Å². The summed E-state index contributed by atoms with van der Waals surface area (Å²) in [5.74, 6) is 4.59. The van der Waals surface area contributed by atoms with Crippen molar-refractivity contribution >= 4 is 5.91 Å². The van der Waals surface area contributed by atoms with Gasteiger partial charge in [0, 0.05) is 13.1 Å². The van der Waals surface area contributed by atoms with E-state index in [-0.39, 0.29) is 11.9 Å². The quantitative estimate of drug-likeness (QED) is 0.907. The highest BCUT2D eigenvalue weighted by molar-refractivity contribution is 5.78. The minimum atomic E-state index is 0.214. The van der Waals surface area contributed by atoms with Gasteiger partial charge in [-0.1, -0.05) is 0 Å². The second-order valence-electron chi connectivity index (χ2n) is 8.95. The van der Waals surface area contributed by atoms with Crippen LogP contribution < -0.4 is 5.32 Å². The molecule has 1 aliphatic heterocycles. The van der Waals surface area contributed by atoms with Gasteiger partial charge in [0.15, 0.2) is 0 Å². The zero-order valence-electron chi connectivity index (χ0n) is 15.1. The molecule has 5 fully saturated rings. The summed E-state index contributed by atoms with van der Waals surface area (Å²) in [6, 6.07) is 0.674. The van der Waals surface area contributed by atoms with Crippen LogP contribution in [-0.2, 0) is 11.8 Å². The third-order valence-electron chi connectivity index (χ3n) is 7.31. The normalized spacial score (nSPS) is 39.9. The van der Waals surface area contributed by atoms with Gasteiger partial charge >= 0.3 is 0 Å². The molecule has 1 aromatic heterocycles. The summed E-state index contributed by atoms with van der Waals surface area (Å²) >= 11 is 0. The zero-order chi connectivity index (χ0) is 17.0. The van der Waals surface area contributed by atoms with Crippen molar-refractivity contribution in [3.8, 4) is 0 Å². The molecule has 4 bridgehead atoms. The molecule has 6 heteroatoms. The maximum Gasteiger partial charge on any atom is 0.234 e. The molecule has 4 saturated carbocycles. The van der Waals surface area contributed by atoms with E-state index in [0.717, 1.165) is 48.9 Å². The molecule has 1 unspecified atom stereocenters. The molecule has 1 N–H and O–H groups in total. The number of likely N-dealkylation sites (tertiary alicyclic amines) is 1. The van der Waals surface area contributed by atoms with Crippen LogP contribution in [0.2, 0.25) is 0 Å². The van der Waals surface area contributed by atoms with Crippen LogP contribution in [0.25, 0.3) is 0 Å². The molecule has 6 rings (SSSR count). The van der Waals surface area contributed by atoms with E-state index in [4.69, 9.17) is 0 Å². The third-order valence-corrected chi connectivity index (χ3v) is 7.31. The lowest BCUT2D eigenvalue weighted by molar-refractivity contribution is -0.126. The molecule has 0 spiro atoms. The van der Waals surface area contributed by atoms with Crippen LogP contribution in [0.3, 0.4) is 0 Å². The Hall–Kier alpha value is -1.43. The van der Waals surface area contributed by atoms with Gasteiger partial charge in [-0.25, -0.2) is 0 Å². The van der Waals surface area contributed by atoms with Crippen LogP contribution in [0.4, 0.5) is 0 Å². The fourth-order valence-corrected chi connectivity index (χ4v) is 6.48. The lowest BCUT2D eigenvalue weighted by Crippen LogP contribution is -2.57. The van der Waals surface area contributed by atoms with Crippen molar-refractivity contribution in [1.82, 2.24) is 25.0 Å². The molecule has 1 saturated heterocycles. The number of aromatic nitrogens is 3. The Morgan fingerprint density at radius 3 is 2.56 bits per heavy atom. The molecule has 0 radical (unpaired) electrons. The highest BCUT2D eigenvalue weighted by Gasteiger charge is 2.48. The molecule has 6 nitrogen and oxygen atoms in total. The van der Waals surface area contributed by atoms with E-state index in [1.807, 2.05) is 11.6 Å². The van der Waals surface area contributed by atoms with E-state index in [1.54, 1.807) is 6.33 Å². The minimum Gasteiger partial charge on any atom is -0.352 e. The van der Waals surface area contributed by atoms with E-state index in [0.29, 0.717) is 12.6 Å². The Labute approximate surface area is 149 Å². The predicted molar refractivity (Wildman–Crippen MR) is 93.5 cm³/mol. The lowest BCUT2D eigenvalue weighted by atomic mass is 9.54. The summed E-state index contributed by atoms with van der Waals surface area (Å²) in [5, 5.41) is 11.7. The number of carbonyl (C=O) groups excluding carboxylic acids is 1. The van der Waals surface area contributed by atoms with E-state index < -0.39 is 0 Å². The molecule has 0 aromatic carbocycles. The Kier molecular flexibility index (Phi) is 3.84. The van der Waals surface area contributed by atoms with Crippen molar-refractivity contribution in [1.29, 1.82) is 0 Å². The van der Waals surface area contributed by atoms with Gasteiger partial charge in [-0.05, 0) is 75.2 Å². The molecule has 2 heterocycles. The Balaban J connectivity index is 1.23. The zero-order valence-corrected chi connectivity index (χ0v) is 15.1. The number of nitrogens with zero attached hydrogens (tertiary/aromatic N) is 4. The SMILES string of the molecule is Cn1cnnc1C1CCCN1CC(=O)NC1C2CC3CC(C2)CC1C3. The lowest BCUT2D eigenvalue weighted by Gasteiger charge is -2.54. The van der Waals surface area contributed by atoms with Crippen molar-refractivity contribution in [3.05, 3.63) is 12.2 Å². The largest absolute Gasteiger partial charge is 0.352 e. The Morgan fingerprint density at radius 2 is 1.92 bits per heavy atom. The van der Waals surface area contributed by atoms with Crippen molar-refractivity contribution in [2.24, 2.45) is 30.7 Å². The average Bonchev–Trinajstić information content (AvgIpc) is 3.18. The van der Waals surface area contributed by atoms with Crippen LogP contribution in [-0.4, -0.2) is 44.7 Å². The smallest absolute Gasteiger partial charge is 0.234 e. The number of nitrogens with one attached hydrogen (secondary N) is 1. The summed E-state index contributed by atoms with van der Waals surface area (Å²) in [4.78, 5) is 15.1. The maximum atomic E-state index is 12.8. The fourth-order valence-electron chi connectivity index (χ4n) is 6.48. The summed E-state index contributed by atoms with van der Waals surface area (Å²) in [5.41, 5.74) is 0. The van der Waals surface area contributed by atoms with Gasteiger partial charge < -0.3 is 9.88 Å². The number of carbonyl (C=O) groups is 1. The first kappa shape index (κ1) is 15.8. The molecular weight excluding hydrogens is 314 g/mol. The standard InChI is InChI=1S/C19H29N5O/c1-23-11-20-22-19(23)16-3-2-4-24(16)10-17(25)21-18-14-6-12-5-13(8-14)9-15(18)7-12/h11-16,18H,2-10H2,1H3,(H,21,25). The number of hydrogen-bond donors (Lipinski definition) is 1. The van der Waals surface area contributed by atoms with Gasteiger partial charge in [-0.2, -0.15) is 0 Å². The number of aryl methyl sites for hydroxylation is 1. The highest BCUT2D eigenvalue weighted by atomic mass is 16.2. The fraction of sp³-hybridized carbons (Fsp3) is 0.842. The number of hydrogen-bond acceptors (Lipinski definition) is 4. The van der Waals surface area contributed by atoms with E-state index >= 15 is 0 Å². The van der Waals surface area contributed by atoms with Crippen LogP contribution in [0.1, 0.15) is 56.8 Å². The van der Waals surface area contributed by atoms with Crippen molar-refractivity contribution < 1.29 is 4.79 Å². The van der Waals surface area contributed by atoms with Crippen LogP contribution in [0.15, 0.2) is 6.33 Å². The average molecular weight is 343 g/mol. The maximum absolute atomic E-state index is 12.8. The van der Waals surface area contributed by atoms with Gasteiger partial charge in [0.1, 0.15) is 12.2 Å². The molecular formula is C19H29N5O. The molecule has 5 aliphatic rings. The van der Waals surface area contributed by atoms with Gasteiger partial charge in [-0.3, -0.25) is 9.69 Å². The van der Waals surface area contributed by atoms with Crippen LogP contribution in [0, 0.1) is 23.7 Å². The van der Waals surface area contributed by atoms with Crippen LogP contribution >= 0.6 is 0 Å². The van der Waals surface area contributed by atoms with Crippen molar-refractivity contribution in [2.75, 3.05) is 13.1 Å². The van der Waals surface area contributed by atoms with Crippen molar-refractivity contribution in [2.45, 2.75) is 57.0 Å². The molecule has 1 atom stereocenters. The van der Waals surface area contributed by atoms with E-state index in [9.17, 15) is 4.79 Å². The van der Waals surface area contributed by atoms with E-state index in [2.05, 4.69) is 20.4 Å².